The average molecular weight is 367 g/mol. The molecule has 6 heteroatoms. The molecule has 0 unspecified atom stereocenters. The molecular formula is C20H17NO4S. The van der Waals surface area contributed by atoms with Crippen LogP contribution in [-0.2, 0) is 0 Å². The number of hydrogen-bond donors (Lipinski definition) is 1. The highest BCUT2D eigenvalue weighted by Crippen LogP contribution is 2.13. The van der Waals surface area contributed by atoms with Crippen LogP contribution in [0, 0.1) is 0 Å². The molecule has 0 aliphatic carbocycles. The van der Waals surface area contributed by atoms with E-state index < -0.39 is 0 Å². The van der Waals surface area contributed by atoms with Crippen LogP contribution in [0.25, 0.3) is 12.2 Å². The van der Waals surface area contributed by atoms with Gasteiger partial charge in [-0.1, -0.05) is 12.1 Å². The third kappa shape index (κ3) is 4.10. The Balaban J connectivity index is 1.93. The summed E-state index contributed by atoms with van der Waals surface area (Å²) in [5.74, 6) is 1.22. The number of methoxy groups -OCH3 is 2. The van der Waals surface area contributed by atoms with Crippen LogP contribution in [0.4, 0.5) is 0 Å². The summed E-state index contributed by atoms with van der Waals surface area (Å²) < 4.78 is 11.3. The van der Waals surface area contributed by atoms with Gasteiger partial charge in [-0.15, -0.1) is 11.3 Å². The van der Waals surface area contributed by atoms with Gasteiger partial charge in [0, 0.05) is 11.6 Å². The van der Waals surface area contributed by atoms with Crippen LogP contribution in [-0.4, -0.2) is 25.0 Å². The molecule has 0 saturated carbocycles. The second kappa shape index (κ2) is 7.84. The smallest absolute Gasteiger partial charge is 0.266 e. The first-order chi connectivity index (χ1) is 12.6. The van der Waals surface area contributed by atoms with E-state index in [2.05, 4.69) is 4.98 Å². The Hall–Kier alpha value is -3.12. The summed E-state index contributed by atoms with van der Waals surface area (Å²) in [4.78, 5) is 27.2. The summed E-state index contributed by atoms with van der Waals surface area (Å²) >= 11 is 1.23. The summed E-state index contributed by atoms with van der Waals surface area (Å²) in [5.41, 5.74) is 1.15. The topological polar surface area (TPSA) is 68.4 Å². The second-order valence-corrected chi connectivity index (χ2v) is 6.53. The van der Waals surface area contributed by atoms with Crippen molar-refractivity contribution in [2.24, 2.45) is 0 Å². The molecule has 3 rings (SSSR count). The number of nitrogens with one attached hydrogen (secondary N) is 1. The highest BCUT2D eigenvalue weighted by molar-refractivity contribution is 7.07. The van der Waals surface area contributed by atoms with Gasteiger partial charge in [0.05, 0.1) is 23.4 Å². The molecule has 0 saturated heterocycles. The lowest BCUT2D eigenvalue weighted by Crippen LogP contribution is -2.20. The van der Waals surface area contributed by atoms with Gasteiger partial charge >= 0.3 is 0 Å². The van der Waals surface area contributed by atoms with Gasteiger partial charge in [0.2, 0.25) is 0 Å². The van der Waals surface area contributed by atoms with E-state index in [1.54, 1.807) is 44.6 Å². The zero-order chi connectivity index (χ0) is 18.5. The van der Waals surface area contributed by atoms with Crippen molar-refractivity contribution in [3.8, 4) is 11.5 Å². The highest BCUT2D eigenvalue weighted by atomic mass is 32.1. The van der Waals surface area contributed by atoms with E-state index in [9.17, 15) is 9.59 Å². The predicted octanol–water partition coefficient (Wildman–Crippen LogP) is 1.95. The Morgan fingerprint density at radius 2 is 1.77 bits per heavy atom. The normalized spacial score (nSPS) is 12.2. The Labute approximate surface area is 153 Å². The molecule has 0 radical (unpaired) electrons. The minimum Gasteiger partial charge on any atom is -0.497 e. The number of ketones is 1. The van der Waals surface area contributed by atoms with Gasteiger partial charge in [0.15, 0.2) is 5.78 Å². The van der Waals surface area contributed by atoms with E-state index in [0.29, 0.717) is 26.3 Å². The molecule has 0 amide bonds. The number of aromatic amines is 1. The van der Waals surface area contributed by atoms with E-state index in [0.717, 1.165) is 5.56 Å². The SMILES string of the molecule is COc1ccc(C(=O)/C=c2\[nH]c(=O)/c(=C\c3cccc(OC)c3)s2)cc1. The highest BCUT2D eigenvalue weighted by Gasteiger charge is 2.04. The Bertz CT molecular complexity index is 1090. The van der Waals surface area contributed by atoms with E-state index >= 15 is 0 Å². The molecule has 0 aliphatic rings. The minimum atomic E-state index is -0.230. The summed E-state index contributed by atoms with van der Waals surface area (Å²) in [7, 11) is 3.16. The molecule has 0 bridgehead atoms. The number of hydrogen-bond acceptors (Lipinski definition) is 5. The number of H-pyrrole nitrogens is 1. The van der Waals surface area contributed by atoms with Gasteiger partial charge in [0.1, 0.15) is 11.5 Å². The largest absolute Gasteiger partial charge is 0.497 e. The number of Topliss-reactive ketones (excluding diaryl/α,β-unsaturated/α-hetero) is 1. The first-order valence-electron chi connectivity index (χ1n) is 7.84. The molecule has 0 fully saturated rings. The predicted molar refractivity (Wildman–Crippen MR) is 103 cm³/mol. The van der Waals surface area contributed by atoms with Crippen LogP contribution in [0.3, 0.4) is 0 Å². The van der Waals surface area contributed by atoms with Crippen molar-refractivity contribution >= 4 is 29.3 Å². The lowest BCUT2D eigenvalue weighted by molar-refractivity contribution is 0.106. The number of ether oxygens (including phenoxy) is 2. The van der Waals surface area contributed by atoms with E-state index in [4.69, 9.17) is 9.47 Å². The molecule has 26 heavy (non-hydrogen) atoms. The molecular weight excluding hydrogens is 350 g/mol. The lowest BCUT2D eigenvalue weighted by Gasteiger charge is -1.99. The van der Waals surface area contributed by atoms with Crippen LogP contribution in [0.5, 0.6) is 11.5 Å². The van der Waals surface area contributed by atoms with Gasteiger partial charge in [-0.25, -0.2) is 0 Å². The molecule has 5 nitrogen and oxygen atoms in total. The van der Waals surface area contributed by atoms with Crippen LogP contribution in [0.15, 0.2) is 53.3 Å². The van der Waals surface area contributed by atoms with Crippen LogP contribution >= 0.6 is 11.3 Å². The van der Waals surface area contributed by atoms with Crippen molar-refractivity contribution in [2.45, 2.75) is 0 Å². The van der Waals surface area contributed by atoms with Gasteiger partial charge in [-0.3, -0.25) is 9.59 Å². The standard InChI is InChI=1S/C20H17NO4S/c1-24-15-8-6-14(7-9-15)17(22)12-19-21-20(23)18(26-19)11-13-4-3-5-16(10-13)25-2/h3-12H,1-2H3,(H,21,23)/b18-11+,19-12+. The molecule has 1 N–H and O–H groups in total. The van der Waals surface area contributed by atoms with Crippen molar-refractivity contribution in [1.82, 2.24) is 4.98 Å². The minimum absolute atomic E-state index is 0.182. The quantitative estimate of drug-likeness (QED) is 0.700. The third-order valence-corrected chi connectivity index (χ3v) is 4.67. The molecule has 0 aliphatic heterocycles. The van der Waals surface area contributed by atoms with E-state index in [1.165, 1.54) is 17.4 Å². The second-order valence-electron chi connectivity index (χ2n) is 5.44. The van der Waals surface area contributed by atoms with Crippen molar-refractivity contribution in [3.63, 3.8) is 0 Å². The lowest BCUT2D eigenvalue weighted by atomic mass is 10.1. The first-order valence-corrected chi connectivity index (χ1v) is 8.66. The number of carbonyl (C=O) groups is 1. The fourth-order valence-electron chi connectivity index (χ4n) is 2.36. The van der Waals surface area contributed by atoms with Crippen molar-refractivity contribution in [1.29, 1.82) is 0 Å². The summed E-state index contributed by atoms with van der Waals surface area (Å²) in [6.45, 7) is 0. The molecule has 0 atom stereocenters. The Morgan fingerprint density at radius 3 is 2.46 bits per heavy atom. The fourth-order valence-corrected chi connectivity index (χ4v) is 3.25. The Morgan fingerprint density at radius 1 is 1.04 bits per heavy atom. The van der Waals surface area contributed by atoms with Crippen molar-refractivity contribution in [3.05, 3.63) is 79.2 Å². The Kier molecular flexibility index (Phi) is 5.34. The van der Waals surface area contributed by atoms with Crippen LogP contribution in [0.1, 0.15) is 15.9 Å². The number of rotatable bonds is 5. The fraction of sp³-hybridized carbons (Fsp3) is 0.100. The van der Waals surface area contributed by atoms with Gasteiger partial charge in [0.25, 0.3) is 5.56 Å². The third-order valence-electron chi connectivity index (χ3n) is 3.71. The van der Waals surface area contributed by atoms with E-state index in [-0.39, 0.29) is 11.3 Å². The molecule has 3 aromatic rings. The van der Waals surface area contributed by atoms with Crippen LogP contribution < -0.4 is 24.2 Å². The number of thiazole rings is 1. The summed E-state index contributed by atoms with van der Waals surface area (Å²) in [6, 6.07) is 14.2. The molecule has 2 aromatic carbocycles. The maximum atomic E-state index is 12.3. The molecule has 132 valence electrons. The maximum absolute atomic E-state index is 12.3. The van der Waals surface area contributed by atoms with Crippen LogP contribution in [0.2, 0.25) is 0 Å². The zero-order valence-electron chi connectivity index (χ0n) is 14.3. The van der Waals surface area contributed by atoms with Crippen molar-refractivity contribution in [2.75, 3.05) is 14.2 Å². The number of aromatic nitrogens is 1. The summed E-state index contributed by atoms with van der Waals surface area (Å²) in [6.07, 6.45) is 3.19. The van der Waals surface area contributed by atoms with Gasteiger partial charge in [-0.2, -0.15) is 0 Å². The molecule has 1 aromatic heterocycles. The number of benzene rings is 2. The monoisotopic (exact) mass is 367 g/mol. The molecule has 1 heterocycles. The maximum Gasteiger partial charge on any atom is 0.266 e. The first kappa shape index (κ1) is 17.7. The van der Waals surface area contributed by atoms with Gasteiger partial charge in [-0.05, 0) is 48.0 Å². The summed E-state index contributed by atoms with van der Waals surface area (Å²) in [5, 5.41) is 0. The van der Waals surface area contributed by atoms with Crippen molar-refractivity contribution < 1.29 is 14.3 Å². The zero-order valence-corrected chi connectivity index (χ0v) is 15.1. The average Bonchev–Trinajstić information content (AvgIpc) is 3.00. The van der Waals surface area contributed by atoms with E-state index in [1.807, 2.05) is 24.3 Å². The number of carbonyl (C=O) groups excluding carboxylic acids is 1. The van der Waals surface area contributed by atoms with Gasteiger partial charge < -0.3 is 14.5 Å². The molecule has 0 spiro atoms.